The average Bonchev–Trinajstić information content (AvgIpc) is 2.48. The van der Waals surface area contributed by atoms with Crippen molar-refractivity contribution in [1.29, 1.82) is 0 Å². The van der Waals surface area contributed by atoms with Gasteiger partial charge in [-0.05, 0) is 38.5 Å². The topological polar surface area (TPSA) is 38.0 Å². The minimum Gasteiger partial charge on any atom is -0.391 e. The molecule has 0 amide bonds. The average molecular weight is 222 g/mol. The molecule has 0 spiro atoms. The molecule has 1 heterocycles. The molecule has 1 saturated carbocycles. The number of aliphatic hydroxyl groups excluding tert-OH is 1. The quantitative estimate of drug-likeness (QED) is 0.792. The molecule has 16 heavy (non-hydrogen) atoms. The van der Waals surface area contributed by atoms with Crippen LogP contribution >= 0.6 is 0 Å². The Morgan fingerprint density at radius 1 is 1.31 bits per heavy atom. The fourth-order valence-corrected chi connectivity index (χ4v) is 3.08. The van der Waals surface area contributed by atoms with Crippen LogP contribution in [0, 0.1) is 25.7 Å². The normalized spacial score (nSPS) is 35.3. The SMILES string of the molecule is Cc1ncn(C2C(C)CC(C)CC2O)c1C. The first-order valence-electron chi connectivity index (χ1n) is 6.18. The number of hydrogen-bond acceptors (Lipinski definition) is 2. The first-order valence-corrected chi connectivity index (χ1v) is 6.18. The van der Waals surface area contributed by atoms with Gasteiger partial charge in [-0.2, -0.15) is 0 Å². The van der Waals surface area contributed by atoms with Crippen molar-refractivity contribution in [3.8, 4) is 0 Å². The molecule has 4 unspecified atom stereocenters. The molecule has 0 radical (unpaired) electrons. The van der Waals surface area contributed by atoms with Crippen LogP contribution in [0.25, 0.3) is 0 Å². The standard InChI is InChI=1S/C13H22N2O/c1-8-5-9(2)13(12(16)6-8)15-7-14-10(3)11(15)4/h7-9,12-13,16H,5-6H2,1-4H3. The predicted molar refractivity (Wildman–Crippen MR) is 64.3 cm³/mol. The number of nitrogens with zero attached hydrogens (tertiary/aromatic N) is 2. The highest BCUT2D eigenvalue weighted by Crippen LogP contribution is 2.37. The summed E-state index contributed by atoms with van der Waals surface area (Å²) >= 11 is 0. The highest BCUT2D eigenvalue weighted by molar-refractivity contribution is 5.11. The third kappa shape index (κ3) is 1.88. The third-order valence-corrected chi connectivity index (χ3v) is 4.00. The van der Waals surface area contributed by atoms with Gasteiger partial charge >= 0.3 is 0 Å². The van der Waals surface area contributed by atoms with Crippen molar-refractivity contribution in [1.82, 2.24) is 9.55 Å². The monoisotopic (exact) mass is 222 g/mol. The molecule has 1 aromatic rings. The van der Waals surface area contributed by atoms with Gasteiger partial charge < -0.3 is 9.67 Å². The molecule has 0 aromatic carbocycles. The lowest BCUT2D eigenvalue weighted by atomic mass is 9.78. The van der Waals surface area contributed by atoms with Gasteiger partial charge in [0, 0.05) is 5.69 Å². The Morgan fingerprint density at radius 2 is 2.00 bits per heavy atom. The predicted octanol–water partition coefficient (Wildman–Crippen LogP) is 2.47. The van der Waals surface area contributed by atoms with E-state index in [0.717, 1.165) is 12.1 Å². The van der Waals surface area contributed by atoms with Crippen molar-refractivity contribution in [2.75, 3.05) is 0 Å². The molecule has 1 fully saturated rings. The van der Waals surface area contributed by atoms with Crippen molar-refractivity contribution in [3.05, 3.63) is 17.7 Å². The number of aromatic nitrogens is 2. The van der Waals surface area contributed by atoms with Gasteiger partial charge in [-0.3, -0.25) is 0 Å². The maximum absolute atomic E-state index is 10.2. The van der Waals surface area contributed by atoms with E-state index in [1.807, 2.05) is 13.3 Å². The van der Waals surface area contributed by atoms with Gasteiger partial charge in [-0.15, -0.1) is 0 Å². The highest BCUT2D eigenvalue weighted by atomic mass is 16.3. The van der Waals surface area contributed by atoms with Crippen LogP contribution in [0.1, 0.15) is 44.1 Å². The Morgan fingerprint density at radius 3 is 2.50 bits per heavy atom. The van der Waals surface area contributed by atoms with Gasteiger partial charge in [-0.1, -0.05) is 13.8 Å². The molecule has 0 bridgehead atoms. The molecule has 2 rings (SSSR count). The van der Waals surface area contributed by atoms with Crippen LogP contribution in [0.5, 0.6) is 0 Å². The van der Waals surface area contributed by atoms with Crippen LogP contribution in [0.15, 0.2) is 6.33 Å². The molecule has 0 aliphatic heterocycles. The fourth-order valence-electron chi connectivity index (χ4n) is 3.08. The van der Waals surface area contributed by atoms with Gasteiger partial charge in [0.2, 0.25) is 0 Å². The number of rotatable bonds is 1. The van der Waals surface area contributed by atoms with Crippen molar-refractivity contribution >= 4 is 0 Å². The zero-order valence-electron chi connectivity index (χ0n) is 10.6. The molecule has 1 aliphatic carbocycles. The third-order valence-electron chi connectivity index (χ3n) is 4.00. The largest absolute Gasteiger partial charge is 0.391 e. The lowest BCUT2D eigenvalue weighted by Gasteiger charge is -2.38. The van der Waals surface area contributed by atoms with Crippen molar-refractivity contribution < 1.29 is 5.11 Å². The molecule has 1 aliphatic rings. The van der Waals surface area contributed by atoms with E-state index in [-0.39, 0.29) is 12.1 Å². The molecule has 4 atom stereocenters. The van der Waals surface area contributed by atoms with Crippen molar-refractivity contribution in [3.63, 3.8) is 0 Å². The van der Waals surface area contributed by atoms with Gasteiger partial charge in [0.25, 0.3) is 0 Å². The summed E-state index contributed by atoms with van der Waals surface area (Å²) in [6.45, 7) is 8.56. The summed E-state index contributed by atoms with van der Waals surface area (Å²) in [6.07, 6.45) is 3.75. The first kappa shape index (κ1) is 11.6. The van der Waals surface area contributed by atoms with E-state index in [4.69, 9.17) is 0 Å². The van der Waals surface area contributed by atoms with Gasteiger partial charge in [-0.25, -0.2) is 4.98 Å². The summed E-state index contributed by atoms with van der Waals surface area (Å²) in [6, 6.07) is 0.206. The van der Waals surface area contributed by atoms with Gasteiger partial charge in [0.15, 0.2) is 0 Å². The second kappa shape index (κ2) is 4.21. The van der Waals surface area contributed by atoms with Crippen LogP contribution in [0.4, 0.5) is 0 Å². The second-order valence-corrected chi connectivity index (χ2v) is 5.43. The minimum absolute atomic E-state index is 0.206. The van der Waals surface area contributed by atoms with E-state index in [1.165, 1.54) is 12.1 Å². The smallest absolute Gasteiger partial charge is 0.0955 e. The molecule has 90 valence electrons. The van der Waals surface area contributed by atoms with Crippen LogP contribution in [-0.4, -0.2) is 20.8 Å². The minimum atomic E-state index is -0.231. The molecular weight excluding hydrogens is 200 g/mol. The summed E-state index contributed by atoms with van der Waals surface area (Å²) in [5.74, 6) is 1.15. The Bertz CT molecular complexity index is 360. The van der Waals surface area contributed by atoms with Crippen LogP contribution in [-0.2, 0) is 0 Å². The molecule has 3 heteroatoms. The Balaban J connectivity index is 2.29. The maximum Gasteiger partial charge on any atom is 0.0955 e. The molecule has 1 N–H and O–H groups in total. The summed E-state index contributed by atoms with van der Waals surface area (Å²) in [7, 11) is 0. The van der Waals surface area contributed by atoms with Crippen molar-refractivity contribution in [2.45, 2.75) is 52.7 Å². The Hall–Kier alpha value is -0.830. The lowest BCUT2D eigenvalue weighted by Crippen LogP contribution is -2.36. The van der Waals surface area contributed by atoms with Gasteiger partial charge in [0.05, 0.1) is 24.2 Å². The maximum atomic E-state index is 10.2. The summed E-state index contributed by atoms with van der Waals surface area (Å²) in [5.41, 5.74) is 2.25. The number of hydrogen-bond donors (Lipinski definition) is 1. The summed E-state index contributed by atoms with van der Waals surface area (Å²) in [5, 5.41) is 10.2. The Kier molecular flexibility index (Phi) is 3.06. The van der Waals surface area contributed by atoms with E-state index in [9.17, 15) is 5.11 Å². The first-order chi connectivity index (χ1) is 7.50. The second-order valence-electron chi connectivity index (χ2n) is 5.43. The lowest BCUT2D eigenvalue weighted by molar-refractivity contribution is 0.0225. The molecule has 1 aromatic heterocycles. The Labute approximate surface area is 97.5 Å². The van der Waals surface area contributed by atoms with Crippen molar-refractivity contribution in [2.24, 2.45) is 11.8 Å². The van der Waals surface area contributed by atoms with Crippen LogP contribution in [0.3, 0.4) is 0 Å². The van der Waals surface area contributed by atoms with Gasteiger partial charge in [0.1, 0.15) is 0 Å². The van der Waals surface area contributed by atoms with Crippen LogP contribution in [0.2, 0.25) is 0 Å². The van der Waals surface area contributed by atoms with E-state index in [0.29, 0.717) is 11.8 Å². The fraction of sp³-hybridized carbons (Fsp3) is 0.769. The zero-order chi connectivity index (χ0) is 11.9. The summed E-state index contributed by atoms with van der Waals surface area (Å²) < 4.78 is 2.16. The summed E-state index contributed by atoms with van der Waals surface area (Å²) in [4.78, 5) is 4.33. The molecular formula is C13H22N2O. The van der Waals surface area contributed by atoms with Crippen LogP contribution < -0.4 is 0 Å². The molecule has 3 nitrogen and oxygen atoms in total. The number of imidazole rings is 1. The van der Waals surface area contributed by atoms with E-state index >= 15 is 0 Å². The zero-order valence-corrected chi connectivity index (χ0v) is 10.6. The van der Waals surface area contributed by atoms with E-state index in [1.54, 1.807) is 0 Å². The molecule has 0 saturated heterocycles. The number of aryl methyl sites for hydroxylation is 1. The van der Waals surface area contributed by atoms with E-state index < -0.39 is 0 Å². The number of aliphatic hydroxyl groups is 1. The van der Waals surface area contributed by atoms with E-state index in [2.05, 4.69) is 30.3 Å². The highest BCUT2D eigenvalue weighted by Gasteiger charge is 2.34.